The predicted molar refractivity (Wildman–Crippen MR) is 31.4 cm³/mol. The molecule has 17 heavy (non-hydrogen) atoms. The van der Waals surface area contributed by atoms with Crippen LogP contribution in [0.1, 0.15) is 0 Å². The van der Waals surface area contributed by atoms with Gasteiger partial charge < -0.3 is 27.3 Å². The molecule has 0 aliphatic carbocycles. The maximum Gasteiger partial charge on any atom is 4.00 e. The van der Waals surface area contributed by atoms with Crippen LogP contribution in [0.4, 0.5) is 0 Å². The third kappa shape index (κ3) is 4550. The minimum Gasteiger partial charge on any atom is -0.759 e. The fourth-order valence-corrected chi connectivity index (χ4v) is 0. The van der Waals surface area contributed by atoms with Crippen LogP contribution in [0.15, 0.2) is 0 Å². The number of hydrogen-bond acceptors (Lipinski definition) is 12. The van der Waals surface area contributed by atoms with E-state index in [1.165, 1.54) is 0 Å². The van der Waals surface area contributed by atoms with E-state index >= 15 is 0 Å². The van der Waals surface area contributed by atoms with Crippen LogP contribution in [0.5, 0.6) is 0 Å². The summed E-state index contributed by atoms with van der Waals surface area (Å²) in [6.07, 6.45) is 0. The van der Waals surface area contributed by atoms with Gasteiger partial charge in [-0.1, -0.05) is 0 Å². The van der Waals surface area contributed by atoms with E-state index in [0.717, 1.165) is 0 Å². The molecule has 1 radical (unpaired) electrons. The Hall–Kier alpha value is 0.909. The Balaban J connectivity index is -0.0000000400. The summed E-state index contributed by atoms with van der Waals surface area (Å²) in [5.74, 6) is 0. The summed E-state index contributed by atoms with van der Waals surface area (Å²) in [5.41, 5.74) is 0. The Labute approximate surface area is 123 Å². The summed E-state index contributed by atoms with van der Waals surface area (Å²) in [6, 6.07) is 0. The van der Waals surface area contributed by atoms with Crippen LogP contribution in [-0.2, 0) is 71.5 Å². The Morgan fingerprint density at radius 3 is 0.471 bits per heavy atom. The molecule has 0 unspecified atom stereocenters. The van der Waals surface area contributed by atoms with E-state index in [0.29, 0.717) is 0 Å². The molecule has 0 aliphatic heterocycles. The van der Waals surface area contributed by atoms with Crippen LogP contribution in [0, 0.1) is 0 Å². The average molecular weight is 387 g/mol. The van der Waals surface area contributed by atoms with Gasteiger partial charge in [-0.15, -0.1) is 0 Å². The minimum absolute atomic E-state index is 0. The zero-order chi connectivity index (χ0) is 13.5. The molecule has 0 aliphatic rings. The SMILES string of the molecule is O=S(=O)([O-])[O-].O=S(=O)([O-])[O-].O=S(=O)([O-])[O-].[Ti+4].[V]. The molecular weight excluding hydrogens is 387 g/mol. The molecule has 0 heterocycles. The first-order chi connectivity index (χ1) is 6.00. The molecule has 0 amide bonds. The zero-order valence-electron chi connectivity index (χ0n) is 7.07. The predicted octanol–water partition coefficient (Wildman–Crippen LogP) is -4.02. The van der Waals surface area contributed by atoms with E-state index in [4.69, 9.17) is 52.6 Å². The molecule has 0 saturated carbocycles. The van der Waals surface area contributed by atoms with E-state index in [1.54, 1.807) is 0 Å². The van der Waals surface area contributed by atoms with Crippen molar-refractivity contribution in [3.63, 3.8) is 0 Å². The molecule has 0 N–H and O–H groups in total. The van der Waals surface area contributed by atoms with Gasteiger partial charge in [-0.25, -0.2) is 0 Å². The van der Waals surface area contributed by atoms with Crippen LogP contribution in [-0.4, -0.2) is 52.6 Å². The fourth-order valence-electron chi connectivity index (χ4n) is 0. The third-order valence-corrected chi connectivity index (χ3v) is 0. The quantitative estimate of drug-likeness (QED) is 0.219. The molecule has 12 nitrogen and oxygen atoms in total. The van der Waals surface area contributed by atoms with Crippen molar-refractivity contribution in [1.29, 1.82) is 0 Å². The van der Waals surface area contributed by atoms with E-state index < -0.39 is 31.2 Å². The molecule has 0 spiro atoms. The fraction of sp³-hybridized carbons (Fsp3) is 0. The summed E-state index contributed by atoms with van der Waals surface area (Å²) in [7, 11) is -15.5. The van der Waals surface area contributed by atoms with Crippen molar-refractivity contribution in [3.8, 4) is 0 Å². The zero-order valence-corrected chi connectivity index (χ0v) is 12.5. The maximum atomic E-state index is 8.52. The molecule has 0 aromatic carbocycles. The first-order valence-corrected chi connectivity index (χ1v) is 6.00. The Bertz CT molecular complexity index is 343. The van der Waals surface area contributed by atoms with Crippen LogP contribution >= 0.6 is 0 Å². The van der Waals surface area contributed by atoms with Gasteiger partial charge in [-0.2, -0.15) is 0 Å². The maximum absolute atomic E-state index is 8.52. The molecule has 0 bridgehead atoms. The Kier molecular flexibility index (Phi) is 21.6. The van der Waals surface area contributed by atoms with E-state index in [2.05, 4.69) is 0 Å². The summed E-state index contributed by atoms with van der Waals surface area (Å²) < 4.78 is 102. The second-order valence-electron chi connectivity index (χ2n) is 1.22. The minimum atomic E-state index is -5.17. The topological polar surface area (TPSA) is 241 Å². The van der Waals surface area contributed by atoms with Gasteiger partial charge in [-0.3, -0.25) is 25.3 Å². The van der Waals surface area contributed by atoms with Crippen LogP contribution in [0.2, 0.25) is 0 Å². The van der Waals surface area contributed by atoms with Crippen LogP contribution < -0.4 is 0 Å². The van der Waals surface area contributed by atoms with Crippen molar-refractivity contribution in [2.45, 2.75) is 0 Å². The first-order valence-electron chi connectivity index (χ1n) is 2.00. The molecule has 0 aromatic rings. The summed E-state index contributed by atoms with van der Waals surface area (Å²) in [4.78, 5) is 0. The molecule has 0 fully saturated rings. The molecular formula is O12S3TiV-2. The van der Waals surface area contributed by atoms with Gasteiger partial charge in [0.25, 0.3) is 0 Å². The van der Waals surface area contributed by atoms with Crippen molar-refractivity contribution >= 4 is 31.2 Å². The number of rotatable bonds is 0. The van der Waals surface area contributed by atoms with Gasteiger partial charge in [0, 0.05) is 49.8 Å². The molecule has 0 rings (SSSR count). The van der Waals surface area contributed by atoms with Crippen molar-refractivity contribution in [2.24, 2.45) is 0 Å². The first kappa shape index (κ1) is 30.7. The van der Waals surface area contributed by atoms with Gasteiger partial charge in [0.15, 0.2) is 0 Å². The van der Waals surface area contributed by atoms with Crippen molar-refractivity contribution in [2.75, 3.05) is 0 Å². The van der Waals surface area contributed by atoms with Gasteiger partial charge in [0.1, 0.15) is 0 Å². The van der Waals surface area contributed by atoms with Crippen molar-refractivity contribution < 1.29 is 92.8 Å². The average Bonchev–Trinajstić information content (AvgIpc) is 1.41. The van der Waals surface area contributed by atoms with Gasteiger partial charge >= 0.3 is 21.7 Å². The summed E-state index contributed by atoms with van der Waals surface area (Å²) in [5, 5.41) is 0. The normalized spacial score (nSPS) is 10.2. The summed E-state index contributed by atoms with van der Waals surface area (Å²) >= 11 is 0. The van der Waals surface area contributed by atoms with Gasteiger partial charge in [0.05, 0.1) is 0 Å². The standard InChI is InChI=1S/3H2O4S.Ti.V/c3*1-5(2,3)4;;/h3*(H2,1,2,3,4);;/q;;;+4;/p-6. The number of hydrogen-bond donors (Lipinski definition) is 0. The van der Waals surface area contributed by atoms with Crippen molar-refractivity contribution in [3.05, 3.63) is 0 Å². The molecule has 101 valence electrons. The molecule has 0 aromatic heterocycles. The van der Waals surface area contributed by atoms with Gasteiger partial charge in [-0.05, 0) is 0 Å². The Morgan fingerprint density at radius 1 is 0.471 bits per heavy atom. The monoisotopic (exact) mass is 387 g/mol. The Morgan fingerprint density at radius 2 is 0.471 bits per heavy atom. The van der Waals surface area contributed by atoms with E-state index in [1.807, 2.05) is 0 Å². The van der Waals surface area contributed by atoms with E-state index in [9.17, 15) is 0 Å². The van der Waals surface area contributed by atoms with Gasteiger partial charge in [0.2, 0.25) is 0 Å². The largest absolute Gasteiger partial charge is 4.00 e. The second kappa shape index (κ2) is 12.0. The van der Waals surface area contributed by atoms with E-state index in [-0.39, 0.29) is 40.3 Å². The van der Waals surface area contributed by atoms with Crippen LogP contribution in [0.25, 0.3) is 0 Å². The van der Waals surface area contributed by atoms with Crippen molar-refractivity contribution in [1.82, 2.24) is 0 Å². The second-order valence-corrected chi connectivity index (χ2v) is 3.67. The third-order valence-electron chi connectivity index (χ3n) is 0. The molecule has 0 atom stereocenters. The molecule has 17 heteroatoms. The van der Waals surface area contributed by atoms with Crippen LogP contribution in [0.3, 0.4) is 0 Å². The summed E-state index contributed by atoms with van der Waals surface area (Å²) in [6.45, 7) is 0. The molecule has 0 saturated heterocycles. The smallest absolute Gasteiger partial charge is 0.759 e.